The zero-order valence-electron chi connectivity index (χ0n) is 11.3. The highest BCUT2D eigenvalue weighted by Gasteiger charge is 2.17. The number of nitriles is 1. The fraction of sp³-hybridized carbons (Fsp3) is 0.429. The third kappa shape index (κ3) is 3.97. The summed E-state index contributed by atoms with van der Waals surface area (Å²) in [5.74, 6) is -1.02. The number of hydrogen-bond acceptors (Lipinski definition) is 4. The molecule has 0 spiro atoms. The minimum atomic E-state index is -1.02. The fourth-order valence-corrected chi connectivity index (χ4v) is 1.94. The molecule has 0 fully saturated rings. The van der Waals surface area contributed by atoms with Gasteiger partial charge in [-0.05, 0) is 25.5 Å². The van der Waals surface area contributed by atoms with Crippen LogP contribution < -0.4 is 5.73 Å². The van der Waals surface area contributed by atoms with E-state index in [4.69, 9.17) is 11.0 Å². The average molecular weight is 261 g/mol. The van der Waals surface area contributed by atoms with Crippen LogP contribution in [-0.2, 0) is 6.54 Å². The number of carboxylic acids is 1. The maximum atomic E-state index is 11.3. The molecule has 5 nitrogen and oxygen atoms in total. The van der Waals surface area contributed by atoms with Crippen molar-refractivity contribution in [2.75, 3.05) is 12.3 Å². The summed E-state index contributed by atoms with van der Waals surface area (Å²) in [4.78, 5) is 13.3. The standard InChI is InChI=1S/C14H19N3O2/c1-10(2)17(8-4-7-15)9-11-5-3-6-12(16)13(11)14(18)19/h3,5-6,10H,4,8-9,16H2,1-2H3,(H,18,19). The SMILES string of the molecule is CC(C)N(CCC#N)Cc1cccc(N)c1C(=O)O. The number of benzene rings is 1. The van der Waals surface area contributed by atoms with Crippen LogP contribution in [0.5, 0.6) is 0 Å². The minimum Gasteiger partial charge on any atom is -0.478 e. The van der Waals surface area contributed by atoms with Gasteiger partial charge in [0.25, 0.3) is 0 Å². The molecule has 0 atom stereocenters. The molecule has 0 heterocycles. The smallest absolute Gasteiger partial charge is 0.338 e. The summed E-state index contributed by atoms with van der Waals surface area (Å²) >= 11 is 0. The van der Waals surface area contributed by atoms with Gasteiger partial charge in [0.2, 0.25) is 0 Å². The van der Waals surface area contributed by atoms with Gasteiger partial charge in [0.05, 0.1) is 11.6 Å². The molecule has 5 heteroatoms. The molecule has 0 radical (unpaired) electrons. The van der Waals surface area contributed by atoms with Crippen molar-refractivity contribution < 1.29 is 9.90 Å². The predicted molar refractivity (Wildman–Crippen MR) is 73.6 cm³/mol. The van der Waals surface area contributed by atoms with Gasteiger partial charge in [-0.15, -0.1) is 0 Å². The Morgan fingerprint density at radius 1 is 1.53 bits per heavy atom. The number of hydrogen-bond donors (Lipinski definition) is 2. The van der Waals surface area contributed by atoms with Gasteiger partial charge in [-0.2, -0.15) is 5.26 Å². The van der Waals surface area contributed by atoms with E-state index in [1.54, 1.807) is 18.2 Å². The van der Waals surface area contributed by atoms with Gasteiger partial charge in [0, 0.05) is 31.2 Å². The molecule has 0 saturated carbocycles. The van der Waals surface area contributed by atoms with Crippen LogP contribution in [0.15, 0.2) is 18.2 Å². The Morgan fingerprint density at radius 3 is 2.74 bits per heavy atom. The van der Waals surface area contributed by atoms with Gasteiger partial charge in [-0.3, -0.25) is 4.90 Å². The minimum absolute atomic E-state index is 0.158. The summed E-state index contributed by atoms with van der Waals surface area (Å²) < 4.78 is 0. The predicted octanol–water partition coefficient (Wildman–Crippen LogP) is 2.09. The average Bonchev–Trinajstić information content (AvgIpc) is 2.33. The fourth-order valence-electron chi connectivity index (χ4n) is 1.94. The Hall–Kier alpha value is -2.06. The van der Waals surface area contributed by atoms with E-state index >= 15 is 0 Å². The zero-order chi connectivity index (χ0) is 14.4. The molecule has 0 saturated heterocycles. The molecule has 3 N–H and O–H groups in total. The highest BCUT2D eigenvalue weighted by Crippen LogP contribution is 2.20. The van der Waals surface area contributed by atoms with E-state index in [0.717, 1.165) is 0 Å². The maximum absolute atomic E-state index is 11.3. The Labute approximate surface area is 113 Å². The van der Waals surface area contributed by atoms with Crippen molar-refractivity contribution in [3.63, 3.8) is 0 Å². The third-order valence-corrected chi connectivity index (χ3v) is 3.01. The largest absolute Gasteiger partial charge is 0.478 e. The van der Waals surface area contributed by atoms with Gasteiger partial charge in [0.15, 0.2) is 0 Å². The lowest BCUT2D eigenvalue weighted by Gasteiger charge is -2.26. The summed E-state index contributed by atoms with van der Waals surface area (Å²) in [5.41, 5.74) is 6.83. The van der Waals surface area contributed by atoms with Gasteiger partial charge in [-0.25, -0.2) is 4.79 Å². The van der Waals surface area contributed by atoms with E-state index in [2.05, 4.69) is 11.0 Å². The second kappa shape index (κ2) is 6.76. The van der Waals surface area contributed by atoms with Gasteiger partial charge in [-0.1, -0.05) is 12.1 Å². The van der Waals surface area contributed by atoms with Crippen LogP contribution in [0, 0.1) is 11.3 Å². The topological polar surface area (TPSA) is 90.4 Å². The van der Waals surface area contributed by atoms with E-state index in [9.17, 15) is 9.90 Å². The molecule has 0 unspecified atom stereocenters. The first-order valence-corrected chi connectivity index (χ1v) is 6.19. The highest BCUT2D eigenvalue weighted by atomic mass is 16.4. The van der Waals surface area contributed by atoms with Crippen molar-refractivity contribution in [3.8, 4) is 6.07 Å². The molecule has 0 aromatic heterocycles. The van der Waals surface area contributed by atoms with E-state index in [-0.39, 0.29) is 17.3 Å². The molecule has 1 rings (SSSR count). The van der Waals surface area contributed by atoms with Crippen molar-refractivity contribution in [2.24, 2.45) is 0 Å². The molecule has 102 valence electrons. The van der Waals surface area contributed by atoms with Crippen LogP contribution in [-0.4, -0.2) is 28.6 Å². The van der Waals surface area contributed by atoms with E-state index in [1.165, 1.54) is 0 Å². The number of carbonyl (C=O) groups is 1. The summed E-state index contributed by atoms with van der Waals surface area (Å²) in [6.45, 7) is 5.13. The number of nitrogens with zero attached hydrogens (tertiary/aromatic N) is 2. The number of anilines is 1. The second-order valence-corrected chi connectivity index (χ2v) is 4.66. The number of carboxylic acid groups (broad SMARTS) is 1. The lowest BCUT2D eigenvalue weighted by Crippen LogP contribution is -2.32. The van der Waals surface area contributed by atoms with Gasteiger partial charge in [0.1, 0.15) is 0 Å². The normalized spacial score (nSPS) is 10.7. The molecule has 0 amide bonds. The monoisotopic (exact) mass is 261 g/mol. The molecular formula is C14H19N3O2. The Balaban J connectivity index is 3.00. The number of nitrogen functional groups attached to an aromatic ring is 1. The molecule has 19 heavy (non-hydrogen) atoms. The zero-order valence-corrected chi connectivity index (χ0v) is 11.3. The number of rotatable bonds is 6. The summed E-state index contributed by atoms with van der Waals surface area (Å²) in [7, 11) is 0. The van der Waals surface area contributed by atoms with Crippen molar-refractivity contribution in [1.82, 2.24) is 4.90 Å². The van der Waals surface area contributed by atoms with Crippen LogP contribution in [0.3, 0.4) is 0 Å². The molecule has 0 aliphatic rings. The summed E-state index contributed by atoms with van der Waals surface area (Å²) in [6.07, 6.45) is 0.420. The first-order valence-electron chi connectivity index (χ1n) is 6.19. The summed E-state index contributed by atoms with van der Waals surface area (Å²) in [6, 6.07) is 7.44. The van der Waals surface area contributed by atoms with Gasteiger partial charge >= 0.3 is 5.97 Å². The Kier molecular flexibility index (Phi) is 5.34. The number of nitrogens with two attached hydrogens (primary N) is 1. The first kappa shape index (κ1) is 15.0. The molecular weight excluding hydrogens is 242 g/mol. The summed E-state index contributed by atoms with van der Waals surface area (Å²) in [5, 5.41) is 17.9. The van der Waals surface area contributed by atoms with Crippen LogP contribution >= 0.6 is 0 Å². The second-order valence-electron chi connectivity index (χ2n) is 4.66. The van der Waals surface area contributed by atoms with Crippen molar-refractivity contribution in [2.45, 2.75) is 32.9 Å². The lowest BCUT2D eigenvalue weighted by atomic mass is 10.0. The van der Waals surface area contributed by atoms with Crippen LogP contribution in [0.1, 0.15) is 36.2 Å². The quantitative estimate of drug-likeness (QED) is 0.765. The van der Waals surface area contributed by atoms with E-state index in [1.807, 2.05) is 13.8 Å². The van der Waals surface area contributed by atoms with Crippen LogP contribution in [0.25, 0.3) is 0 Å². The Bertz CT molecular complexity index is 492. The highest BCUT2D eigenvalue weighted by molar-refractivity contribution is 5.95. The van der Waals surface area contributed by atoms with E-state index < -0.39 is 5.97 Å². The third-order valence-electron chi connectivity index (χ3n) is 3.01. The molecule has 0 bridgehead atoms. The van der Waals surface area contributed by atoms with Crippen LogP contribution in [0.2, 0.25) is 0 Å². The van der Waals surface area contributed by atoms with Crippen LogP contribution in [0.4, 0.5) is 5.69 Å². The lowest BCUT2D eigenvalue weighted by molar-refractivity contribution is 0.0695. The molecule has 1 aromatic carbocycles. The van der Waals surface area contributed by atoms with E-state index in [0.29, 0.717) is 25.1 Å². The first-order chi connectivity index (χ1) is 8.97. The Morgan fingerprint density at radius 2 is 2.21 bits per heavy atom. The van der Waals surface area contributed by atoms with Crippen molar-refractivity contribution in [1.29, 1.82) is 5.26 Å². The van der Waals surface area contributed by atoms with Crippen molar-refractivity contribution >= 4 is 11.7 Å². The van der Waals surface area contributed by atoms with Crippen molar-refractivity contribution in [3.05, 3.63) is 29.3 Å². The van der Waals surface area contributed by atoms with Gasteiger partial charge < -0.3 is 10.8 Å². The molecule has 0 aliphatic carbocycles. The number of aromatic carboxylic acids is 1. The molecule has 0 aliphatic heterocycles. The molecule has 1 aromatic rings. The maximum Gasteiger partial charge on any atom is 0.338 e.